The zero-order valence-electron chi connectivity index (χ0n) is 14.0. The molecule has 128 valence electrons. The first-order valence-electron chi connectivity index (χ1n) is 8.15. The number of rotatable bonds is 7. The Kier molecular flexibility index (Phi) is 5.74. The fourth-order valence-corrected chi connectivity index (χ4v) is 3.33. The van der Waals surface area contributed by atoms with E-state index in [0.29, 0.717) is 17.1 Å². The van der Waals surface area contributed by atoms with Crippen molar-refractivity contribution in [2.24, 2.45) is 0 Å². The molecule has 3 aromatic carbocycles. The van der Waals surface area contributed by atoms with Gasteiger partial charge in [0.15, 0.2) is 5.78 Å². The van der Waals surface area contributed by atoms with Crippen LogP contribution in [-0.2, 0) is 0 Å². The summed E-state index contributed by atoms with van der Waals surface area (Å²) in [5.41, 5.74) is 0.653. The van der Waals surface area contributed by atoms with Crippen LogP contribution in [0, 0.1) is 0 Å². The average Bonchev–Trinajstić information content (AvgIpc) is 2.65. The topological polar surface area (TPSA) is 46.5 Å². The monoisotopic (exact) mass is 352 g/mol. The van der Waals surface area contributed by atoms with Crippen molar-refractivity contribution >= 4 is 28.3 Å². The van der Waals surface area contributed by atoms with Gasteiger partial charge in [0.05, 0.1) is 6.10 Å². The summed E-state index contributed by atoms with van der Waals surface area (Å²) < 4.78 is 5.59. The van der Waals surface area contributed by atoms with Crippen molar-refractivity contribution in [2.75, 3.05) is 12.4 Å². The van der Waals surface area contributed by atoms with Gasteiger partial charge in [-0.05, 0) is 54.1 Å². The Bertz CT molecular complexity index is 858. The fourth-order valence-electron chi connectivity index (χ4n) is 2.48. The van der Waals surface area contributed by atoms with Crippen LogP contribution in [0.3, 0.4) is 0 Å². The molecule has 3 aromatic rings. The van der Waals surface area contributed by atoms with Gasteiger partial charge in [-0.15, -0.1) is 11.8 Å². The highest BCUT2D eigenvalue weighted by Gasteiger charge is 2.07. The first-order valence-corrected chi connectivity index (χ1v) is 9.14. The van der Waals surface area contributed by atoms with Crippen LogP contribution in [0.1, 0.15) is 17.3 Å². The molecule has 0 aliphatic heterocycles. The quantitative estimate of drug-likeness (QED) is 0.500. The molecule has 0 saturated carbocycles. The summed E-state index contributed by atoms with van der Waals surface area (Å²) in [7, 11) is 0. The second kappa shape index (κ2) is 8.19. The molecular weight excluding hydrogens is 332 g/mol. The smallest absolute Gasteiger partial charge is 0.159 e. The van der Waals surface area contributed by atoms with Crippen molar-refractivity contribution in [1.29, 1.82) is 0 Å². The largest absolute Gasteiger partial charge is 0.491 e. The summed E-state index contributed by atoms with van der Waals surface area (Å²) in [6.45, 7) is 1.75. The zero-order valence-corrected chi connectivity index (χ0v) is 14.8. The highest BCUT2D eigenvalue weighted by Crippen LogP contribution is 2.24. The van der Waals surface area contributed by atoms with Crippen molar-refractivity contribution in [1.82, 2.24) is 0 Å². The van der Waals surface area contributed by atoms with E-state index in [-0.39, 0.29) is 12.4 Å². The Morgan fingerprint density at radius 3 is 2.48 bits per heavy atom. The highest BCUT2D eigenvalue weighted by molar-refractivity contribution is 7.99. The summed E-state index contributed by atoms with van der Waals surface area (Å²) in [5.74, 6) is 1.24. The van der Waals surface area contributed by atoms with Crippen LogP contribution in [0.2, 0.25) is 0 Å². The van der Waals surface area contributed by atoms with Crippen molar-refractivity contribution < 1.29 is 14.6 Å². The Morgan fingerprint density at radius 2 is 1.76 bits per heavy atom. The first-order chi connectivity index (χ1) is 12.1. The minimum Gasteiger partial charge on any atom is -0.491 e. The van der Waals surface area contributed by atoms with E-state index in [1.54, 1.807) is 36.0 Å². The standard InChI is InChI=1S/C21H20O3S/c1-15(22)16-6-9-20(10-7-16)24-13-19(23)14-25-21-11-8-17-4-2-3-5-18(17)12-21/h2-12,19,23H,13-14H2,1H3. The molecule has 1 unspecified atom stereocenters. The lowest BCUT2D eigenvalue weighted by molar-refractivity contribution is 0.101. The number of fused-ring (bicyclic) bond motifs is 1. The van der Waals surface area contributed by atoms with Crippen LogP contribution >= 0.6 is 11.8 Å². The molecule has 0 heterocycles. The van der Waals surface area contributed by atoms with Gasteiger partial charge in [0.25, 0.3) is 0 Å². The van der Waals surface area contributed by atoms with Gasteiger partial charge in [-0.3, -0.25) is 4.79 Å². The number of aliphatic hydroxyl groups is 1. The van der Waals surface area contributed by atoms with Gasteiger partial charge in [-0.25, -0.2) is 0 Å². The fraction of sp³-hybridized carbons (Fsp3) is 0.190. The van der Waals surface area contributed by atoms with Crippen molar-refractivity contribution in [3.05, 3.63) is 72.3 Å². The summed E-state index contributed by atoms with van der Waals surface area (Å²) in [6, 6.07) is 21.5. The molecule has 1 N–H and O–H groups in total. The number of aliphatic hydroxyl groups excluding tert-OH is 1. The predicted octanol–water partition coefficient (Wildman–Crippen LogP) is 4.57. The van der Waals surface area contributed by atoms with Crippen molar-refractivity contribution in [3.8, 4) is 5.75 Å². The van der Waals surface area contributed by atoms with Gasteiger partial charge < -0.3 is 9.84 Å². The van der Waals surface area contributed by atoms with Crippen molar-refractivity contribution in [2.45, 2.75) is 17.9 Å². The van der Waals surface area contributed by atoms with Crippen LogP contribution < -0.4 is 4.74 Å². The Hall–Kier alpha value is -2.30. The molecule has 4 heteroatoms. The summed E-state index contributed by atoms with van der Waals surface area (Å²) in [5, 5.41) is 12.5. The van der Waals surface area contributed by atoms with Crippen molar-refractivity contribution in [3.63, 3.8) is 0 Å². The van der Waals surface area contributed by atoms with Crippen LogP contribution in [0.5, 0.6) is 5.75 Å². The number of thioether (sulfide) groups is 1. The lowest BCUT2D eigenvalue weighted by Gasteiger charge is -2.12. The molecule has 0 saturated heterocycles. The van der Waals surface area contributed by atoms with Gasteiger partial charge in [-0.1, -0.05) is 30.3 Å². The van der Waals surface area contributed by atoms with E-state index in [4.69, 9.17) is 4.74 Å². The minimum absolute atomic E-state index is 0.0263. The van der Waals surface area contributed by atoms with E-state index in [9.17, 15) is 9.90 Å². The molecule has 1 atom stereocenters. The summed E-state index contributed by atoms with van der Waals surface area (Å²) in [6.07, 6.45) is -0.566. The second-order valence-electron chi connectivity index (χ2n) is 5.87. The highest BCUT2D eigenvalue weighted by atomic mass is 32.2. The first kappa shape index (κ1) is 17.5. The maximum absolute atomic E-state index is 11.2. The van der Waals surface area contributed by atoms with Crippen LogP contribution in [-0.4, -0.2) is 29.4 Å². The zero-order chi connectivity index (χ0) is 17.6. The van der Waals surface area contributed by atoms with Gasteiger partial charge in [0.1, 0.15) is 12.4 Å². The number of hydrogen-bond acceptors (Lipinski definition) is 4. The third-order valence-corrected chi connectivity index (χ3v) is 5.01. The van der Waals surface area contributed by atoms with E-state index in [1.807, 2.05) is 12.1 Å². The molecule has 0 radical (unpaired) electrons. The number of benzene rings is 3. The average molecular weight is 352 g/mol. The van der Waals surface area contributed by atoms with Gasteiger partial charge in [0.2, 0.25) is 0 Å². The van der Waals surface area contributed by atoms with Crippen LogP contribution in [0.4, 0.5) is 0 Å². The molecule has 0 spiro atoms. The van der Waals surface area contributed by atoms with E-state index >= 15 is 0 Å². The lowest BCUT2D eigenvalue weighted by atomic mass is 10.1. The van der Waals surface area contributed by atoms with E-state index < -0.39 is 6.10 Å². The molecule has 0 aliphatic carbocycles. The Morgan fingerprint density at radius 1 is 1.04 bits per heavy atom. The summed E-state index contributed by atoms with van der Waals surface area (Å²) in [4.78, 5) is 12.4. The minimum atomic E-state index is -0.566. The second-order valence-corrected chi connectivity index (χ2v) is 6.96. The number of Topliss-reactive ketones (excluding diaryl/α,β-unsaturated/α-hetero) is 1. The van der Waals surface area contributed by atoms with Crippen LogP contribution in [0.15, 0.2) is 71.6 Å². The Balaban J connectivity index is 1.50. The molecule has 3 rings (SSSR count). The maximum atomic E-state index is 11.2. The maximum Gasteiger partial charge on any atom is 0.159 e. The van der Waals surface area contributed by atoms with Crippen LogP contribution in [0.25, 0.3) is 10.8 Å². The third-order valence-electron chi connectivity index (χ3n) is 3.87. The molecule has 0 fully saturated rings. The number of ether oxygens (including phenoxy) is 1. The summed E-state index contributed by atoms with van der Waals surface area (Å²) >= 11 is 1.61. The lowest BCUT2D eigenvalue weighted by Crippen LogP contribution is -2.20. The van der Waals surface area contributed by atoms with E-state index in [1.165, 1.54) is 17.7 Å². The third kappa shape index (κ3) is 4.84. The normalized spacial score (nSPS) is 12.1. The Labute approximate surface area is 151 Å². The molecule has 0 aliphatic rings. The molecule has 25 heavy (non-hydrogen) atoms. The number of carbonyl (C=O) groups is 1. The van der Waals surface area contributed by atoms with Gasteiger partial charge in [-0.2, -0.15) is 0 Å². The van der Waals surface area contributed by atoms with Gasteiger partial charge >= 0.3 is 0 Å². The predicted molar refractivity (Wildman–Crippen MR) is 103 cm³/mol. The molecule has 0 bridgehead atoms. The number of ketones is 1. The number of carbonyl (C=O) groups excluding carboxylic acids is 1. The molecule has 0 amide bonds. The number of hydrogen-bond donors (Lipinski definition) is 1. The molecule has 3 nitrogen and oxygen atoms in total. The van der Waals surface area contributed by atoms with E-state index in [2.05, 4.69) is 30.3 Å². The molecular formula is C21H20O3S. The van der Waals surface area contributed by atoms with Gasteiger partial charge in [0, 0.05) is 16.2 Å². The molecule has 0 aromatic heterocycles. The van der Waals surface area contributed by atoms with E-state index in [0.717, 1.165) is 4.90 Å². The SMILES string of the molecule is CC(=O)c1ccc(OCC(O)CSc2ccc3ccccc3c2)cc1.